The molecule has 2 aromatic rings. The van der Waals surface area contributed by atoms with E-state index < -0.39 is 0 Å². The third-order valence-electron chi connectivity index (χ3n) is 4.14. The predicted molar refractivity (Wildman–Crippen MR) is 117 cm³/mol. The molecule has 0 unspecified atom stereocenters. The van der Waals surface area contributed by atoms with Gasteiger partial charge in [-0.1, -0.05) is 30.3 Å². The van der Waals surface area contributed by atoms with Gasteiger partial charge in [0.05, 0.1) is 41.3 Å². The van der Waals surface area contributed by atoms with Crippen LogP contribution >= 0.6 is 0 Å². The molecule has 0 atom stereocenters. The average Bonchev–Trinajstić information content (AvgIpc) is 2.66. The molecular weight excluding hydrogens is 386 g/mol. The van der Waals surface area contributed by atoms with Gasteiger partial charge in [-0.25, -0.2) is 0 Å². The molecule has 10 heteroatoms. The van der Waals surface area contributed by atoms with Crippen LogP contribution in [0.2, 0.25) is 0 Å². The van der Waals surface area contributed by atoms with Crippen LogP contribution in [0, 0.1) is 10.4 Å². The van der Waals surface area contributed by atoms with Crippen LogP contribution in [0.3, 0.4) is 0 Å². The number of aromatic nitrogens is 3. The topological polar surface area (TPSA) is 118 Å². The Balaban J connectivity index is 1.98. The molecule has 0 spiro atoms. The summed E-state index contributed by atoms with van der Waals surface area (Å²) < 4.78 is 5.06. The molecule has 0 aliphatic rings. The lowest BCUT2D eigenvalue weighted by atomic mass is 10.2. The van der Waals surface area contributed by atoms with Crippen LogP contribution in [0.4, 0.5) is 11.9 Å². The largest absolute Gasteiger partial charge is 0.633 e. The van der Waals surface area contributed by atoms with E-state index in [2.05, 4.69) is 25.6 Å². The number of nitrogens with one attached hydrogen (secondary N) is 2. The minimum absolute atomic E-state index is 0.207. The molecule has 166 valence electrons. The molecule has 0 saturated carbocycles. The fourth-order valence-corrected chi connectivity index (χ4v) is 2.62. The van der Waals surface area contributed by atoms with Gasteiger partial charge in [0.1, 0.15) is 6.61 Å². The summed E-state index contributed by atoms with van der Waals surface area (Å²) in [5.74, 6) is 0.762. The lowest BCUT2D eigenvalue weighted by Crippen LogP contribution is -2.34. The number of rotatable bonds is 13. The minimum atomic E-state index is -0.342. The zero-order valence-corrected chi connectivity index (χ0v) is 18.3. The second kappa shape index (κ2) is 11.0. The summed E-state index contributed by atoms with van der Waals surface area (Å²) in [6.07, 6.45) is 1.36. The molecule has 1 heterocycles. The van der Waals surface area contributed by atoms with E-state index in [4.69, 9.17) is 4.74 Å². The molecule has 0 amide bonds. The number of ether oxygens (including phenoxy) is 1. The van der Waals surface area contributed by atoms with Crippen molar-refractivity contribution in [1.82, 2.24) is 15.0 Å². The lowest BCUT2D eigenvalue weighted by Gasteiger charge is -2.33. The Morgan fingerprint density at radius 3 is 1.77 bits per heavy atom. The second-order valence-electron chi connectivity index (χ2n) is 8.20. The predicted octanol–water partition coefficient (Wildman–Crippen LogP) is 2.20. The zero-order chi connectivity index (χ0) is 22.0. The smallest absolute Gasteiger partial charge is 0.323 e. The fourth-order valence-electron chi connectivity index (χ4n) is 2.62. The maximum absolute atomic E-state index is 11.7. The first-order valence-electron chi connectivity index (χ1n) is 10.1. The van der Waals surface area contributed by atoms with Crippen molar-refractivity contribution in [2.45, 2.75) is 19.4 Å². The zero-order valence-electron chi connectivity index (χ0n) is 18.3. The van der Waals surface area contributed by atoms with E-state index >= 15 is 0 Å². The molecular formula is C20H33N7O3. The molecule has 2 rings (SSSR count). The summed E-state index contributed by atoms with van der Waals surface area (Å²) in [6, 6.07) is 9.96. The number of benzene rings is 1. The average molecular weight is 420 g/mol. The third kappa shape index (κ3) is 10.3. The molecule has 0 radical (unpaired) electrons. The van der Waals surface area contributed by atoms with Crippen LogP contribution in [0.25, 0.3) is 0 Å². The lowest BCUT2D eigenvalue weighted by molar-refractivity contribution is -0.839. The Bertz CT molecular complexity index is 721. The Labute approximate surface area is 178 Å². The summed E-state index contributed by atoms with van der Waals surface area (Å²) in [6.45, 7) is 2.45. The van der Waals surface area contributed by atoms with Crippen LogP contribution in [-0.4, -0.2) is 78.6 Å². The van der Waals surface area contributed by atoms with E-state index in [1.807, 2.05) is 30.3 Å². The summed E-state index contributed by atoms with van der Waals surface area (Å²) in [5, 5.41) is 29.6. The van der Waals surface area contributed by atoms with Gasteiger partial charge < -0.3 is 35.1 Å². The maximum Gasteiger partial charge on any atom is 0.323 e. The van der Waals surface area contributed by atoms with E-state index in [-0.39, 0.29) is 15.3 Å². The van der Waals surface area contributed by atoms with Gasteiger partial charge in [0.15, 0.2) is 0 Å². The number of hydroxylamine groups is 6. The van der Waals surface area contributed by atoms with E-state index in [1.165, 1.54) is 0 Å². The van der Waals surface area contributed by atoms with Gasteiger partial charge in [0, 0.05) is 25.9 Å². The number of anilines is 2. The summed E-state index contributed by atoms with van der Waals surface area (Å²) >= 11 is 0. The van der Waals surface area contributed by atoms with Crippen molar-refractivity contribution in [3.63, 3.8) is 0 Å². The highest BCUT2D eigenvalue weighted by atomic mass is 16.5. The first-order chi connectivity index (χ1) is 14.1. The van der Waals surface area contributed by atoms with Crippen molar-refractivity contribution in [3.05, 3.63) is 46.3 Å². The number of quaternary nitrogens is 2. The van der Waals surface area contributed by atoms with Crippen molar-refractivity contribution in [1.29, 1.82) is 0 Å². The van der Waals surface area contributed by atoms with Crippen molar-refractivity contribution >= 4 is 11.9 Å². The number of nitrogens with zero attached hydrogens (tertiary/aromatic N) is 5. The maximum atomic E-state index is 11.7. The Morgan fingerprint density at radius 2 is 1.30 bits per heavy atom. The SMILES string of the molecule is C[N+](C)([O-])CCCNc1nc(NCCC[N+](C)(C)[O-])nc(OCc2ccccc2)n1. The highest BCUT2D eigenvalue weighted by Gasteiger charge is 2.09. The van der Waals surface area contributed by atoms with Crippen molar-refractivity contribution < 1.29 is 14.0 Å². The minimum Gasteiger partial charge on any atom is -0.633 e. The van der Waals surface area contributed by atoms with Crippen LogP contribution in [0.1, 0.15) is 18.4 Å². The van der Waals surface area contributed by atoms with Crippen LogP contribution < -0.4 is 15.4 Å². The normalized spacial score (nSPS) is 11.9. The second-order valence-corrected chi connectivity index (χ2v) is 8.20. The number of hydrogen-bond donors (Lipinski definition) is 2. The van der Waals surface area contributed by atoms with E-state index in [0.717, 1.165) is 5.56 Å². The molecule has 0 aliphatic carbocycles. The van der Waals surface area contributed by atoms with Gasteiger partial charge in [-0.3, -0.25) is 0 Å². The Kier molecular flexibility index (Phi) is 8.72. The van der Waals surface area contributed by atoms with Gasteiger partial charge in [-0.15, -0.1) is 0 Å². The van der Waals surface area contributed by atoms with E-state index in [9.17, 15) is 10.4 Å². The highest BCUT2D eigenvalue weighted by Crippen LogP contribution is 2.13. The highest BCUT2D eigenvalue weighted by molar-refractivity contribution is 5.35. The van der Waals surface area contributed by atoms with Crippen LogP contribution in [0.5, 0.6) is 6.01 Å². The standard InChI is InChI=1S/C20H33N7O3/c1-26(2,28)14-8-12-21-18-23-19(22-13-9-15-27(3,4)29)25-20(24-18)30-16-17-10-6-5-7-11-17/h5-7,10-11H,8-9,12-16H2,1-4H3,(H2,21,22,23,24,25). The molecule has 0 saturated heterocycles. The first kappa shape index (κ1) is 23.7. The van der Waals surface area contributed by atoms with Crippen molar-refractivity contribution in [3.8, 4) is 6.01 Å². The van der Waals surface area contributed by atoms with Gasteiger partial charge in [0.2, 0.25) is 11.9 Å². The summed E-state index contributed by atoms with van der Waals surface area (Å²) in [5.41, 5.74) is 1.01. The van der Waals surface area contributed by atoms with Crippen molar-refractivity contribution in [2.75, 3.05) is 65.0 Å². The summed E-state index contributed by atoms with van der Waals surface area (Å²) in [7, 11) is 6.45. The Morgan fingerprint density at radius 1 is 0.800 bits per heavy atom. The fraction of sp³-hybridized carbons (Fsp3) is 0.550. The van der Waals surface area contributed by atoms with Gasteiger partial charge in [-0.05, 0) is 5.56 Å². The van der Waals surface area contributed by atoms with Crippen LogP contribution in [-0.2, 0) is 6.61 Å². The Hall–Kier alpha value is -2.53. The van der Waals surface area contributed by atoms with Gasteiger partial charge in [-0.2, -0.15) is 15.0 Å². The first-order valence-corrected chi connectivity index (χ1v) is 10.1. The molecule has 0 bridgehead atoms. The molecule has 0 fully saturated rings. The van der Waals surface area contributed by atoms with Gasteiger partial charge in [0.25, 0.3) is 0 Å². The molecule has 1 aromatic carbocycles. The molecule has 10 nitrogen and oxygen atoms in total. The van der Waals surface area contributed by atoms with E-state index in [0.29, 0.717) is 57.5 Å². The molecule has 1 aromatic heterocycles. The summed E-state index contributed by atoms with van der Waals surface area (Å²) in [4.78, 5) is 13.0. The molecule has 2 N–H and O–H groups in total. The monoisotopic (exact) mass is 419 g/mol. The molecule has 0 aliphatic heterocycles. The van der Waals surface area contributed by atoms with Gasteiger partial charge >= 0.3 is 6.01 Å². The third-order valence-corrected chi connectivity index (χ3v) is 4.14. The number of hydrogen-bond acceptors (Lipinski definition) is 8. The molecule has 30 heavy (non-hydrogen) atoms. The van der Waals surface area contributed by atoms with Crippen molar-refractivity contribution in [2.24, 2.45) is 0 Å². The van der Waals surface area contributed by atoms with E-state index in [1.54, 1.807) is 28.2 Å². The quantitative estimate of drug-likeness (QED) is 0.288. The van der Waals surface area contributed by atoms with Crippen LogP contribution in [0.15, 0.2) is 30.3 Å².